The van der Waals surface area contributed by atoms with Crippen LogP contribution in [0.4, 0.5) is 5.00 Å². The zero-order valence-electron chi connectivity index (χ0n) is 16.3. The number of furan rings is 1. The van der Waals surface area contributed by atoms with Crippen LogP contribution in [0.25, 0.3) is 0 Å². The first-order chi connectivity index (χ1) is 13.4. The maximum absolute atomic E-state index is 12.3. The van der Waals surface area contributed by atoms with Crippen molar-refractivity contribution in [2.24, 2.45) is 5.92 Å². The minimum atomic E-state index is -0.505. The molecule has 2 rings (SSSR count). The summed E-state index contributed by atoms with van der Waals surface area (Å²) < 4.78 is 15.3. The van der Waals surface area contributed by atoms with E-state index in [4.69, 9.17) is 13.9 Å². The summed E-state index contributed by atoms with van der Waals surface area (Å²) in [6.45, 7) is 5.65. The monoisotopic (exact) mass is 407 g/mol. The number of amides is 1. The van der Waals surface area contributed by atoms with E-state index >= 15 is 0 Å². The summed E-state index contributed by atoms with van der Waals surface area (Å²) in [4.78, 5) is 36.2. The van der Waals surface area contributed by atoms with Gasteiger partial charge in [0.15, 0.2) is 6.61 Å². The van der Waals surface area contributed by atoms with E-state index in [2.05, 4.69) is 5.32 Å². The van der Waals surface area contributed by atoms with Crippen LogP contribution in [-0.4, -0.2) is 31.1 Å². The van der Waals surface area contributed by atoms with Gasteiger partial charge in [-0.2, -0.15) is 0 Å². The normalized spacial score (nSPS) is 10.7. The van der Waals surface area contributed by atoms with Gasteiger partial charge in [-0.15, -0.1) is 11.3 Å². The number of aryl methyl sites for hydroxylation is 1. The molecule has 0 aliphatic carbocycles. The standard InChI is InChI=1S/C20H25NO6S/c1-4-25-20(24)18-14(10-13(2)3)12-28-19(18)21-16(22)11-27-17(23)8-7-15-6-5-9-26-15/h5-6,9,12-13H,4,7-8,10-11H2,1-3H3,(H,21,22). The van der Waals surface area contributed by atoms with E-state index in [0.29, 0.717) is 35.1 Å². The molecule has 0 saturated heterocycles. The Balaban J connectivity index is 1.92. The number of thiophene rings is 1. The average Bonchev–Trinajstić information content (AvgIpc) is 3.28. The minimum Gasteiger partial charge on any atom is -0.469 e. The highest BCUT2D eigenvalue weighted by atomic mass is 32.1. The van der Waals surface area contributed by atoms with Crippen molar-refractivity contribution >= 4 is 34.2 Å². The predicted molar refractivity (Wildman–Crippen MR) is 105 cm³/mol. The molecule has 8 heteroatoms. The van der Waals surface area contributed by atoms with Gasteiger partial charge in [-0.25, -0.2) is 4.79 Å². The quantitative estimate of drug-likeness (QED) is 0.602. The van der Waals surface area contributed by atoms with Gasteiger partial charge in [0.1, 0.15) is 10.8 Å². The van der Waals surface area contributed by atoms with Crippen LogP contribution in [0.1, 0.15) is 48.9 Å². The van der Waals surface area contributed by atoms with Gasteiger partial charge in [-0.3, -0.25) is 9.59 Å². The van der Waals surface area contributed by atoms with Crippen molar-refractivity contribution in [3.63, 3.8) is 0 Å². The number of esters is 2. The topological polar surface area (TPSA) is 94.8 Å². The first-order valence-electron chi connectivity index (χ1n) is 9.16. The lowest BCUT2D eigenvalue weighted by Crippen LogP contribution is -2.22. The van der Waals surface area contributed by atoms with Crippen molar-refractivity contribution in [2.75, 3.05) is 18.5 Å². The van der Waals surface area contributed by atoms with E-state index in [0.717, 1.165) is 5.56 Å². The molecule has 7 nitrogen and oxygen atoms in total. The Morgan fingerprint density at radius 3 is 2.68 bits per heavy atom. The second kappa shape index (κ2) is 10.7. The molecule has 0 radical (unpaired) electrons. The van der Waals surface area contributed by atoms with Crippen LogP contribution in [0, 0.1) is 5.92 Å². The molecular weight excluding hydrogens is 382 g/mol. The maximum atomic E-state index is 12.3. The highest BCUT2D eigenvalue weighted by Gasteiger charge is 2.22. The molecule has 1 amide bonds. The van der Waals surface area contributed by atoms with E-state index in [1.54, 1.807) is 19.1 Å². The number of carbonyl (C=O) groups excluding carboxylic acids is 3. The van der Waals surface area contributed by atoms with Crippen LogP contribution < -0.4 is 5.32 Å². The second-order valence-corrected chi connectivity index (χ2v) is 7.45. The Hall–Kier alpha value is -2.61. The summed E-state index contributed by atoms with van der Waals surface area (Å²) in [5.41, 5.74) is 1.21. The molecular formula is C20H25NO6S. The fraction of sp³-hybridized carbons (Fsp3) is 0.450. The van der Waals surface area contributed by atoms with Crippen LogP contribution in [0.2, 0.25) is 0 Å². The first kappa shape index (κ1) is 21.7. The molecule has 0 spiro atoms. The van der Waals surface area contributed by atoms with Crippen molar-refractivity contribution < 1.29 is 28.3 Å². The lowest BCUT2D eigenvalue weighted by molar-refractivity contribution is -0.147. The van der Waals surface area contributed by atoms with Gasteiger partial charge < -0.3 is 19.2 Å². The molecule has 0 fully saturated rings. The van der Waals surface area contributed by atoms with Crippen LogP contribution >= 0.6 is 11.3 Å². The molecule has 0 unspecified atom stereocenters. The lowest BCUT2D eigenvalue weighted by Gasteiger charge is -2.10. The Morgan fingerprint density at radius 1 is 1.25 bits per heavy atom. The summed E-state index contributed by atoms with van der Waals surface area (Å²) in [7, 11) is 0. The smallest absolute Gasteiger partial charge is 0.341 e. The SMILES string of the molecule is CCOC(=O)c1c(CC(C)C)csc1NC(=O)COC(=O)CCc1ccco1. The first-order valence-corrected chi connectivity index (χ1v) is 10.0. The van der Waals surface area contributed by atoms with Crippen LogP contribution in [-0.2, 0) is 31.9 Å². The molecule has 152 valence electrons. The largest absolute Gasteiger partial charge is 0.469 e. The van der Waals surface area contributed by atoms with Crippen molar-refractivity contribution in [1.82, 2.24) is 0 Å². The summed E-state index contributed by atoms with van der Waals surface area (Å²) in [5.74, 6) is -0.443. The summed E-state index contributed by atoms with van der Waals surface area (Å²) >= 11 is 1.26. The molecule has 0 aliphatic heterocycles. The number of ether oxygens (including phenoxy) is 2. The molecule has 0 saturated carbocycles. The lowest BCUT2D eigenvalue weighted by atomic mass is 10.0. The molecule has 0 aliphatic rings. The highest BCUT2D eigenvalue weighted by molar-refractivity contribution is 7.15. The van der Waals surface area contributed by atoms with Crippen molar-refractivity contribution in [3.05, 3.63) is 40.7 Å². The Labute approximate surface area is 168 Å². The minimum absolute atomic E-state index is 0.117. The van der Waals surface area contributed by atoms with Gasteiger partial charge in [0, 0.05) is 6.42 Å². The van der Waals surface area contributed by atoms with Crippen molar-refractivity contribution in [1.29, 1.82) is 0 Å². The second-order valence-electron chi connectivity index (χ2n) is 6.57. The predicted octanol–water partition coefficient (Wildman–Crippen LogP) is 3.83. The molecule has 2 aromatic rings. The third-order valence-corrected chi connectivity index (χ3v) is 4.69. The van der Waals surface area contributed by atoms with Gasteiger partial charge in [0.25, 0.3) is 5.91 Å². The number of hydrogen-bond donors (Lipinski definition) is 1. The van der Waals surface area contributed by atoms with Crippen LogP contribution in [0.3, 0.4) is 0 Å². The fourth-order valence-electron chi connectivity index (χ4n) is 2.56. The average molecular weight is 407 g/mol. The number of carbonyl (C=O) groups is 3. The van der Waals surface area contributed by atoms with Crippen molar-refractivity contribution in [3.8, 4) is 0 Å². The van der Waals surface area contributed by atoms with Crippen LogP contribution in [0.5, 0.6) is 0 Å². The highest BCUT2D eigenvalue weighted by Crippen LogP contribution is 2.30. The molecule has 2 aromatic heterocycles. The Morgan fingerprint density at radius 2 is 2.04 bits per heavy atom. The fourth-order valence-corrected chi connectivity index (χ4v) is 3.54. The summed E-state index contributed by atoms with van der Waals surface area (Å²) in [5, 5.41) is 4.90. The third-order valence-electron chi connectivity index (χ3n) is 3.75. The molecule has 2 heterocycles. The van der Waals surface area contributed by atoms with E-state index in [9.17, 15) is 14.4 Å². The van der Waals surface area contributed by atoms with Gasteiger partial charge >= 0.3 is 11.9 Å². The maximum Gasteiger partial charge on any atom is 0.341 e. The van der Waals surface area contributed by atoms with Gasteiger partial charge in [0.05, 0.1) is 24.9 Å². The third kappa shape index (κ3) is 6.53. The Kier molecular flexibility index (Phi) is 8.25. The molecule has 28 heavy (non-hydrogen) atoms. The Bertz CT molecular complexity index is 794. The van der Waals surface area contributed by atoms with Crippen molar-refractivity contribution in [2.45, 2.75) is 40.0 Å². The summed E-state index contributed by atoms with van der Waals surface area (Å²) in [6, 6.07) is 3.51. The van der Waals surface area contributed by atoms with Gasteiger partial charge in [-0.1, -0.05) is 13.8 Å². The zero-order valence-corrected chi connectivity index (χ0v) is 17.1. The number of rotatable bonds is 10. The molecule has 1 N–H and O–H groups in total. The van der Waals surface area contributed by atoms with Crippen LogP contribution in [0.15, 0.2) is 28.2 Å². The number of hydrogen-bond acceptors (Lipinski definition) is 7. The van der Waals surface area contributed by atoms with E-state index in [1.165, 1.54) is 17.6 Å². The number of anilines is 1. The number of nitrogens with one attached hydrogen (secondary N) is 1. The van der Waals surface area contributed by atoms with Gasteiger partial charge in [0.2, 0.25) is 0 Å². The van der Waals surface area contributed by atoms with E-state index < -0.39 is 24.5 Å². The van der Waals surface area contributed by atoms with E-state index in [-0.39, 0.29) is 13.0 Å². The molecule has 0 aromatic carbocycles. The van der Waals surface area contributed by atoms with Gasteiger partial charge in [-0.05, 0) is 42.3 Å². The zero-order chi connectivity index (χ0) is 20.5. The molecule has 0 bridgehead atoms. The molecule has 0 atom stereocenters. The summed E-state index contributed by atoms with van der Waals surface area (Å²) in [6.07, 6.45) is 2.75. The van der Waals surface area contributed by atoms with E-state index in [1.807, 2.05) is 19.2 Å².